The Morgan fingerprint density at radius 3 is 2.52 bits per heavy atom. The van der Waals surface area contributed by atoms with Gasteiger partial charge in [0, 0.05) is 6.54 Å². The van der Waals surface area contributed by atoms with Crippen LogP contribution >= 0.6 is 0 Å². The highest BCUT2D eigenvalue weighted by molar-refractivity contribution is 6.00. The Balaban J connectivity index is 2.70. The summed E-state index contributed by atoms with van der Waals surface area (Å²) in [5.41, 5.74) is 0.0675. The van der Waals surface area contributed by atoms with Gasteiger partial charge in [-0.3, -0.25) is 9.59 Å². The van der Waals surface area contributed by atoms with Crippen molar-refractivity contribution in [3.05, 3.63) is 23.8 Å². The fourth-order valence-corrected chi connectivity index (χ4v) is 1.67. The first-order valence-electron chi connectivity index (χ1n) is 6.81. The zero-order valence-corrected chi connectivity index (χ0v) is 12.8. The number of ether oxygens (including phenoxy) is 1. The van der Waals surface area contributed by atoms with Gasteiger partial charge in [0.15, 0.2) is 11.5 Å². The molecule has 2 amide bonds. The summed E-state index contributed by atoms with van der Waals surface area (Å²) in [6.07, 6.45) is 0. The molecular formula is C15H22N2O4. The Labute approximate surface area is 124 Å². The molecule has 1 aromatic rings. The second-order valence-electron chi connectivity index (χ2n) is 5.19. The van der Waals surface area contributed by atoms with E-state index in [1.807, 2.05) is 13.8 Å². The minimum absolute atomic E-state index is 0.0675. The molecule has 116 valence electrons. The van der Waals surface area contributed by atoms with Crippen LogP contribution in [0.2, 0.25) is 0 Å². The lowest BCUT2D eigenvalue weighted by Gasteiger charge is -2.16. The summed E-state index contributed by atoms with van der Waals surface area (Å²) in [4.78, 5) is 23.9. The summed E-state index contributed by atoms with van der Waals surface area (Å²) >= 11 is 0. The Kier molecular flexibility index (Phi) is 6.02. The van der Waals surface area contributed by atoms with Crippen molar-refractivity contribution in [3.63, 3.8) is 0 Å². The van der Waals surface area contributed by atoms with Gasteiger partial charge < -0.3 is 20.5 Å². The predicted octanol–water partition coefficient (Wildman–Crippen LogP) is 1.29. The van der Waals surface area contributed by atoms with E-state index in [9.17, 15) is 14.7 Å². The molecular weight excluding hydrogens is 272 g/mol. The first-order chi connectivity index (χ1) is 9.86. The summed E-state index contributed by atoms with van der Waals surface area (Å²) in [6.45, 7) is 6.10. The molecule has 3 N–H and O–H groups in total. The van der Waals surface area contributed by atoms with Crippen molar-refractivity contribution < 1.29 is 19.4 Å². The van der Waals surface area contributed by atoms with Gasteiger partial charge in [-0.05, 0) is 25.0 Å². The lowest BCUT2D eigenvalue weighted by molar-refractivity contribution is -0.122. The standard InChI is InChI=1S/C15H22N2O4/c1-9(2)8-16-14(19)10(3)17-15(20)11-6-5-7-12(21-4)13(11)18/h5-7,9-10,18H,8H2,1-4H3,(H,16,19)(H,17,20). The molecule has 0 aromatic heterocycles. The van der Waals surface area contributed by atoms with Gasteiger partial charge in [-0.1, -0.05) is 19.9 Å². The van der Waals surface area contributed by atoms with Crippen molar-refractivity contribution in [3.8, 4) is 11.5 Å². The fourth-order valence-electron chi connectivity index (χ4n) is 1.67. The molecule has 0 bridgehead atoms. The highest BCUT2D eigenvalue weighted by atomic mass is 16.5. The van der Waals surface area contributed by atoms with Crippen molar-refractivity contribution in [1.82, 2.24) is 10.6 Å². The molecule has 0 fully saturated rings. The smallest absolute Gasteiger partial charge is 0.255 e. The normalized spacial score (nSPS) is 11.9. The van der Waals surface area contributed by atoms with Crippen LogP contribution < -0.4 is 15.4 Å². The molecule has 1 atom stereocenters. The number of hydrogen-bond donors (Lipinski definition) is 3. The van der Waals surface area contributed by atoms with Crippen molar-refractivity contribution in [2.75, 3.05) is 13.7 Å². The summed E-state index contributed by atoms with van der Waals surface area (Å²) in [6, 6.07) is 3.91. The number of benzene rings is 1. The van der Waals surface area contributed by atoms with Gasteiger partial charge in [-0.15, -0.1) is 0 Å². The molecule has 0 aliphatic rings. The van der Waals surface area contributed by atoms with E-state index in [4.69, 9.17) is 4.74 Å². The van der Waals surface area contributed by atoms with Crippen LogP contribution in [0.5, 0.6) is 11.5 Å². The van der Waals surface area contributed by atoms with Gasteiger partial charge in [0.1, 0.15) is 6.04 Å². The SMILES string of the molecule is COc1cccc(C(=O)NC(C)C(=O)NCC(C)C)c1O. The number of nitrogens with one attached hydrogen (secondary N) is 2. The number of aromatic hydroxyl groups is 1. The van der Waals surface area contributed by atoms with Crippen LogP contribution in [0.1, 0.15) is 31.1 Å². The highest BCUT2D eigenvalue weighted by Crippen LogP contribution is 2.29. The average molecular weight is 294 g/mol. The van der Waals surface area contributed by atoms with E-state index in [1.165, 1.54) is 13.2 Å². The zero-order valence-electron chi connectivity index (χ0n) is 12.8. The first-order valence-corrected chi connectivity index (χ1v) is 6.81. The number of rotatable bonds is 6. The number of methoxy groups -OCH3 is 1. The minimum atomic E-state index is -0.693. The lowest BCUT2D eigenvalue weighted by Crippen LogP contribution is -2.45. The van der Waals surface area contributed by atoms with Crippen LogP contribution in [-0.2, 0) is 4.79 Å². The lowest BCUT2D eigenvalue weighted by atomic mass is 10.1. The number of hydrogen-bond acceptors (Lipinski definition) is 4. The van der Waals surface area contributed by atoms with E-state index in [-0.39, 0.29) is 23.0 Å². The molecule has 0 radical (unpaired) electrons. The molecule has 0 saturated heterocycles. The maximum Gasteiger partial charge on any atom is 0.255 e. The van der Waals surface area contributed by atoms with Gasteiger partial charge in [0.25, 0.3) is 5.91 Å². The monoisotopic (exact) mass is 294 g/mol. The van der Waals surface area contributed by atoms with Crippen LogP contribution in [0, 0.1) is 5.92 Å². The fraction of sp³-hybridized carbons (Fsp3) is 0.467. The van der Waals surface area contributed by atoms with E-state index in [0.29, 0.717) is 12.5 Å². The number of carbonyl (C=O) groups is 2. The molecule has 6 nitrogen and oxygen atoms in total. The number of phenols is 1. The molecule has 0 aliphatic carbocycles. The van der Waals surface area contributed by atoms with Crippen molar-refractivity contribution in [1.29, 1.82) is 0 Å². The summed E-state index contributed by atoms with van der Waals surface area (Å²) < 4.78 is 4.94. The van der Waals surface area contributed by atoms with Gasteiger partial charge in [-0.2, -0.15) is 0 Å². The van der Waals surface area contributed by atoms with Crippen LogP contribution in [0.3, 0.4) is 0 Å². The molecule has 0 saturated carbocycles. The Hall–Kier alpha value is -2.24. The van der Waals surface area contributed by atoms with Crippen molar-refractivity contribution in [2.24, 2.45) is 5.92 Å². The number of phenolic OH excluding ortho intramolecular Hbond substituents is 1. The van der Waals surface area contributed by atoms with Crippen LogP contribution in [0.25, 0.3) is 0 Å². The molecule has 1 aromatic carbocycles. The third-order valence-corrected chi connectivity index (χ3v) is 2.89. The third-order valence-electron chi connectivity index (χ3n) is 2.89. The topological polar surface area (TPSA) is 87.7 Å². The highest BCUT2D eigenvalue weighted by Gasteiger charge is 2.20. The average Bonchev–Trinajstić information content (AvgIpc) is 2.44. The van der Waals surface area contributed by atoms with Crippen molar-refractivity contribution >= 4 is 11.8 Å². The number of carbonyl (C=O) groups excluding carboxylic acids is 2. The van der Waals surface area contributed by atoms with E-state index in [1.54, 1.807) is 19.1 Å². The molecule has 1 unspecified atom stereocenters. The van der Waals surface area contributed by atoms with Gasteiger partial charge >= 0.3 is 0 Å². The minimum Gasteiger partial charge on any atom is -0.504 e. The Bertz CT molecular complexity index is 514. The van der Waals surface area contributed by atoms with Crippen LogP contribution in [0.15, 0.2) is 18.2 Å². The van der Waals surface area contributed by atoms with E-state index in [2.05, 4.69) is 10.6 Å². The molecule has 1 rings (SSSR count). The van der Waals surface area contributed by atoms with E-state index in [0.717, 1.165) is 0 Å². The van der Waals surface area contributed by atoms with Gasteiger partial charge in [0.05, 0.1) is 12.7 Å². The first kappa shape index (κ1) is 16.8. The maximum absolute atomic E-state index is 12.1. The molecule has 0 aliphatic heterocycles. The zero-order chi connectivity index (χ0) is 16.0. The number of amides is 2. The quantitative estimate of drug-likeness (QED) is 0.738. The summed E-state index contributed by atoms with van der Waals surface area (Å²) in [7, 11) is 1.40. The maximum atomic E-state index is 12.1. The predicted molar refractivity (Wildman–Crippen MR) is 79.4 cm³/mol. The summed E-state index contributed by atoms with van der Waals surface area (Å²) in [5, 5.41) is 15.2. The molecule has 6 heteroatoms. The second kappa shape index (κ2) is 7.52. The third kappa shape index (κ3) is 4.66. The summed E-state index contributed by atoms with van der Waals surface area (Å²) in [5.74, 6) is -0.496. The Morgan fingerprint density at radius 1 is 1.29 bits per heavy atom. The second-order valence-corrected chi connectivity index (χ2v) is 5.19. The van der Waals surface area contributed by atoms with Gasteiger partial charge in [-0.25, -0.2) is 0 Å². The van der Waals surface area contributed by atoms with E-state index < -0.39 is 11.9 Å². The molecule has 0 spiro atoms. The van der Waals surface area contributed by atoms with Crippen molar-refractivity contribution in [2.45, 2.75) is 26.8 Å². The molecule has 0 heterocycles. The van der Waals surface area contributed by atoms with Crippen LogP contribution in [0.4, 0.5) is 0 Å². The largest absolute Gasteiger partial charge is 0.504 e. The van der Waals surface area contributed by atoms with Crippen LogP contribution in [-0.4, -0.2) is 36.6 Å². The Morgan fingerprint density at radius 2 is 1.95 bits per heavy atom. The molecule has 21 heavy (non-hydrogen) atoms. The van der Waals surface area contributed by atoms with E-state index >= 15 is 0 Å². The number of para-hydroxylation sites is 1. The van der Waals surface area contributed by atoms with Gasteiger partial charge in [0.2, 0.25) is 5.91 Å².